The minimum atomic E-state index is -0.169. The average Bonchev–Trinajstić information content (AvgIpc) is 3.10. The first-order chi connectivity index (χ1) is 14.8. The maximum Gasteiger partial charge on any atom is 0.126 e. The van der Waals surface area contributed by atoms with Crippen LogP contribution >= 0.6 is 0 Å². The van der Waals surface area contributed by atoms with Crippen LogP contribution in [0.15, 0.2) is 30.0 Å². The number of aliphatic hydroxyl groups is 1. The van der Waals surface area contributed by atoms with Crippen LogP contribution in [0.5, 0.6) is 0 Å². The maximum atomic E-state index is 13.5. The van der Waals surface area contributed by atoms with Crippen LogP contribution in [-0.4, -0.2) is 16.2 Å². The number of allylic oxidation sites excluding steroid dienone is 1. The van der Waals surface area contributed by atoms with Gasteiger partial charge in [-0.15, -0.1) is 0 Å². The zero-order valence-electron chi connectivity index (χ0n) is 19.6. The van der Waals surface area contributed by atoms with E-state index in [9.17, 15) is 9.50 Å². The largest absolute Gasteiger partial charge is 0.393 e. The van der Waals surface area contributed by atoms with Gasteiger partial charge in [0.1, 0.15) is 5.82 Å². The SMILES string of the molecule is C[C@H](CCc1cc(F)ccn1)[C@H]1CC[C@H]2[C@@H]3CC=C4C[C@@H](O)CC[C@]4(C)[C@H]3CC[C@]12C. The summed E-state index contributed by atoms with van der Waals surface area (Å²) in [5, 5.41) is 10.2. The third-order valence-corrected chi connectivity index (χ3v) is 10.5. The Balaban J connectivity index is 1.31. The summed E-state index contributed by atoms with van der Waals surface area (Å²) in [6, 6.07) is 3.04. The van der Waals surface area contributed by atoms with E-state index >= 15 is 0 Å². The maximum absolute atomic E-state index is 13.5. The van der Waals surface area contributed by atoms with Gasteiger partial charge in [0, 0.05) is 11.9 Å². The fraction of sp³-hybridized carbons (Fsp3) is 0.750. The molecule has 1 heterocycles. The topological polar surface area (TPSA) is 33.1 Å². The van der Waals surface area contributed by atoms with E-state index in [1.807, 2.05) is 0 Å². The number of aliphatic hydroxyl groups excluding tert-OH is 1. The van der Waals surface area contributed by atoms with E-state index in [2.05, 4.69) is 31.8 Å². The lowest BCUT2D eigenvalue weighted by atomic mass is 9.47. The number of pyridine rings is 1. The van der Waals surface area contributed by atoms with Gasteiger partial charge in [-0.25, -0.2) is 4.39 Å². The summed E-state index contributed by atoms with van der Waals surface area (Å²) in [5.74, 6) is 3.74. The van der Waals surface area contributed by atoms with Crippen LogP contribution in [0.3, 0.4) is 0 Å². The van der Waals surface area contributed by atoms with Crippen LogP contribution in [0.1, 0.15) is 84.3 Å². The Morgan fingerprint density at radius 3 is 2.81 bits per heavy atom. The van der Waals surface area contributed by atoms with Crippen LogP contribution in [0.25, 0.3) is 0 Å². The summed E-state index contributed by atoms with van der Waals surface area (Å²) in [7, 11) is 0. The first-order valence-corrected chi connectivity index (χ1v) is 12.8. The van der Waals surface area contributed by atoms with Crippen molar-refractivity contribution in [2.45, 2.75) is 91.1 Å². The highest BCUT2D eigenvalue weighted by molar-refractivity contribution is 5.25. The molecule has 0 bridgehead atoms. The second-order valence-corrected chi connectivity index (χ2v) is 11.9. The van der Waals surface area contributed by atoms with E-state index in [0.29, 0.717) is 16.7 Å². The molecule has 0 aromatic carbocycles. The summed E-state index contributed by atoms with van der Waals surface area (Å²) < 4.78 is 13.5. The number of aromatic nitrogens is 1. The van der Waals surface area contributed by atoms with Gasteiger partial charge in [-0.05, 0) is 117 Å². The van der Waals surface area contributed by atoms with E-state index in [0.717, 1.165) is 55.0 Å². The van der Waals surface area contributed by atoms with Gasteiger partial charge in [0.2, 0.25) is 0 Å². The fourth-order valence-corrected chi connectivity index (χ4v) is 8.78. The molecule has 4 aliphatic carbocycles. The van der Waals surface area contributed by atoms with E-state index in [4.69, 9.17) is 0 Å². The average molecular weight is 426 g/mol. The molecule has 3 saturated carbocycles. The summed E-state index contributed by atoms with van der Waals surface area (Å²) >= 11 is 0. The molecule has 0 unspecified atom stereocenters. The Morgan fingerprint density at radius 2 is 2.00 bits per heavy atom. The van der Waals surface area contributed by atoms with Crippen molar-refractivity contribution in [3.63, 3.8) is 0 Å². The van der Waals surface area contributed by atoms with Gasteiger partial charge in [0.15, 0.2) is 0 Å². The second-order valence-electron chi connectivity index (χ2n) is 11.9. The van der Waals surface area contributed by atoms with Crippen molar-refractivity contribution in [2.75, 3.05) is 0 Å². The third-order valence-electron chi connectivity index (χ3n) is 10.5. The monoisotopic (exact) mass is 425 g/mol. The number of rotatable bonds is 4. The molecule has 0 spiro atoms. The first-order valence-electron chi connectivity index (χ1n) is 12.8. The molecule has 1 N–H and O–H groups in total. The lowest BCUT2D eigenvalue weighted by Gasteiger charge is -2.58. The summed E-state index contributed by atoms with van der Waals surface area (Å²) in [5.41, 5.74) is 3.25. The van der Waals surface area contributed by atoms with Gasteiger partial charge in [0.05, 0.1) is 6.10 Å². The number of hydrogen-bond acceptors (Lipinski definition) is 2. The number of fused-ring (bicyclic) bond motifs is 5. The molecular weight excluding hydrogens is 385 g/mol. The quantitative estimate of drug-likeness (QED) is 0.543. The number of hydrogen-bond donors (Lipinski definition) is 1. The molecule has 8 atom stereocenters. The molecule has 0 radical (unpaired) electrons. The highest BCUT2D eigenvalue weighted by Crippen LogP contribution is 2.67. The number of halogens is 1. The normalized spacial score (nSPS) is 42.9. The predicted octanol–water partition coefficient (Wildman–Crippen LogP) is 6.73. The fourth-order valence-electron chi connectivity index (χ4n) is 8.78. The van der Waals surface area contributed by atoms with E-state index in [1.165, 1.54) is 44.6 Å². The van der Waals surface area contributed by atoms with Crippen LogP contribution in [0.4, 0.5) is 4.39 Å². The minimum absolute atomic E-state index is 0.117. The Morgan fingerprint density at radius 1 is 1.16 bits per heavy atom. The summed E-state index contributed by atoms with van der Waals surface area (Å²) in [6.45, 7) is 7.56. The highest BCUT2D eigenvalue weighted by Gasteiger charge is 2.59. The summed E-state index contributed by atoms with van der Waals surface area (Å²) in [6.07, 6.45) is 15.8. The first kappa shape index (κ1) is 21.6. The Kier molecular flexibility index (Phi) is 5.56. The van der Waals surface area contributed by atoms with Crippen molar-refractivity contribution < 1.29 is 9.50 Å². The molecule has 2 nitrogen and oxygen atoms in total. The van der Waals surface area contributed by atoms with Crippen molar-refractivity contribution in [1.82, 2.24) is 4.98 Å². The molecule has 0 amide bonds. The smallest absolute Gasteiger partial charge is 0.126 e. The van der Waals surface area contributed by atoms with Gasteiger partial charge in [-0.2, -0.15) is 0 Å². The molecule has 5 rings (SSSR count). The van der Waals surface area contributed by atoms with Gasteiger partial charge in [-0.1, -0.05) is 32.4 Å². The Bertz CT molecular complexity index is 851. The zero-order valence-corrected chi connectivity index (χ0v) is 19.6. The minimum Gasteiger partial charge on any atom is -0.393 e. The molecule has 31 heavy (non-hydrogen) atoms. The molecule has 3 heteroatoms. The zero-order chi connectivity index (χ0) is 21.8. The number of aryl methyl sites for hydroxylation is 1. The Hall–Kier alpha value is -1.22. The van der Waals surface area contributed by atoms with Gasteiger partial charge in [-0.3, -0.25) is 4.98 Å². The van der Waals surface area contributed by atoms with Crippen LogP contribution in [0, 0.1) is 46.2 Å². The van der Waals surface area contributed by atoms with Crippen molar-refractivity contribution >= 4 is 0 Å². The molecular formula is C28H40FNO. The van der Waals surface area contributed by atoms with Gasteiger partial charge >= 0.3 is 0 Å². The second kappa shape index (κ2) is 7.97. The van der Waals surface area contributed by atoms with Crippen LogP contribution < -0.4 is 0 Å². The standard InChI is InChI=1S/C28H40FNO/c1-18(4-6-21-17-20(29)12-15-30-21)24-8-9-25-23-7-5-19-16-22(31)10-13-27(19,2)26(23)11-14-28(24,25)3/h5,12,15,17-18,22-26,31H,4,6-11,13-14,16H2,1-3H3/t18-,22+,23+,24-,25+,26+,27+,28-/m1/s1. The van der Waals surface area contributed by atoms with Crippen LogP contribution in [0.2, 0.25) is 0 Å². The highest BCUT2D eigenvalue weighted by atomic mass is 19.1. The molecule has 0 aliphatic heterocycles. The van der Waals surface area contributed by atoms with E-state index in [-0.39, 0.29) is 11.9 Å². The molecule has 3 fully saturated rings. The van der Waals surface area contributed by atoms with Gasteiger partial charge < -0.3 is 5.11 Å². The van der Waals surface area contributed by atoms with Crippen molar-refractivity contribution in [2.24, 2.45) is 40.4 Å². The van der Waals surface area contributed by atoms with Crippen molar-refractivity contribution in [1.29, 1.82) is 0 Å². The van der Waals surface area contributed by atoms with Crippen LogP contribution in [-0.2, 0) is 6.42 Å². The molecule has 1 aromatic rings. The third kappa shape index (κ3) is 3.59. The van der Waals surface area contributed by atoms with E-state index in [1.54, 1.807) is 17.8 Å². The van der Waals surface area contributed by atoms with Crippen molar-refractivity contribution in [3.05, 3.63) is 41.5 Å². The molecule has 170 valence electrons. The predicted molar refractivity (Wildman–Crippen MR) is 123 cm³/mol. The van der Waals surface area contributed by atoms with Gasteiger partial charge in [0.25, 0.3) is 0 Å². The lowest BCUT2D eigenvalue weighted by molar-refractivity contribution is -0.0571. The number of nitrogens with zero attached hydrogens (tertiary/aromatic N) is 1. The lowest BCUT2D eigenvalue weighted by Crippen LogP contribution is -2.50. The molecule has 0 saturated heterocycles. The molecule has 4 aliphatic rings. The van der Waals surface area contributed by atoms with E-state index < -0.39 is 0 Å². The Labute approximate surface area is 187 Å². The summed E-state index contributed by atoms with van der Waals surface area (Å²) in [4.78, 5) is 4.38. The molecule has 1 aromatic heterocycles. The van der Waals surface area contributed by atoms with Crippen molar-refractivity contribution in [3.8, 4) is 0 Å².